The van der Waals surface area contributed by atoms with Gasteiger partial charge in [0.2, 0.25) is 0 Å². The molecule has 0 aliphatic rings. The van der Waals surface area contributed by atoms with E-state index in [1.807, 2.05) is 44.2 Å². The molecule has 0 fully saturated rings. The maximum atomic E-state index is 12.6. The molecule has 0 radical (unpaired) electrons. The van der Waals surface area contributed by atoms with E-state index in [1.54, 1.807) is 11.6 Å². The summed E-state index contributed by atoms with van der Waals surface area (Å²) in [6.07, 6.45) is 0. The number of aromatic nitrogens is 2. The van der Waals surface area contributed by atoms with Gasteiger partial charge in [0.25, 0.3) is 5.56 Å². The van der Waals surface area contributed by atoms with E-state index in [-0.39, 0.29) is 11.5 Å². The Morgan fingerprint density at radius 3 is 2.50 bits per heavy atom. The zero-order valence-electron chi connectivity index (χ0n) is 12.2. The summed E-state index contributed by atoms with van der Waals surface area (Å²) in [6, 6.07) is 9.48. The van der Waals surface area contributed by atoms with E-state index in [0.29, 0.717) is 11.3 Å². The minimum atomic E-state index is -0.113. The average Bonchev–Trinajstić information content (AvgIpc) is 2.78. The molecule has 0 aliphatic heterocycles. The lowest BCUT2D eigenvalue weighted by molar-refractivity contribution is 0.213. The summed E-state index contributed by atoms with van der Waals surface area (Å²) >= 11 is 0. The minimum Gasteiger partial charge on any atom is -0.399 e. The van der Waals surface area contributed by atoms with Gasteiger partial charge in [-0.1, -0.05) is 37.2 Å². The van der Waals surface area contributed by atoms with E-state index in [1.165, 1.54) is 7.11 Å². The molecule has 5 nitrogen and oxygen atoms in total. The van der Waals surface area contributed by atoms with Crippen LogP contribution in [0, 0.1) is 0 Å². The Hall–Kier alpha value is -2.30. The molecule has 0 bridgehead atoms. The average molecular weight is 273 g/mol. The Morgan fingerprint density at radius 1 is 1.30 bits per heavy atom. The number of H-pyrrole nitrogens is 1. The normalized spacial score (nSPS) is 11.9. The lowest BCUT2D eigenvalue weighted by Gasteiger charge is -2.04. The summed E-state index contributed by atoms with van der Waals surface area (Å²) in [5, 5.41) is 7.06. The van der Waals surface area contributed by atoms with Crippen LogP contribution in [0.25, 0.3) is 5.69 Å². The van der Waals surface area contributed by atoms with Crippen LogP contribution in [-0.4, -0.2) is 22.6 Å². The maximum Gasteiger partial charge on any atom is 0.280 e. The molecule has 0 aliphatic carbocycles. The molecule has 1 heterocycles. The molecule has 1 aromatic heterocycles. The number of hydrogen-bond acceptors (Lipinski definition) is 3. The third-order valence-corrected chi connectivity index (χ3v) is 3.10. The van der Waals surface area contributed by atoms with E-state index in [2.05, 4.69) is 10.3 Å². The van der Waals surface area contributed by atoms with Gasteiger partial charge >= 0.3 is 0 Å². The topological polar surface area (TPSA) is 59.4 Å². The van der Waals surface area contributed by atoms with Gasteiger partial charge < -0.3 is 4.84 Å². The summed E-state index contributed by atoms with van der Waals surface area (Å²) in [6.45, 7) is 5.84. The highest BCUT2D eigenvalue weighted by molar-refractivity contribution is 5.99. The summed E-state index contributed by atoms with van der Waals surface area (Å²) in [7, 11) is 1.47. The first-order valence-corrected chi connectivity index (χ1v) is 6.54. The molecule has 0 saturated carbocycles. The minimum absolute atomic E-state index is 0.113. The van der Waals surface area contributed by atoms with Crippen molar-refractivity contribution in [3.63, 3.8) is 0 Å². The standard InChI is InChI=1S/C15H19N3O2/c1-10(2)14-13(11(3)17-20-4)15(19)18(16-14)12-8-6-5-7-9-12/h5-10,16H,1-4H3. The Balaban J connectivity index is 2.66. The molecule has 2 aromatic rings. The Kier molecular flexibility index (Phi) is 4.08. The number of aromatic amines is 1. The molecule has 0 atom stereocenters. The fraction of sp³-hybridized carbons (Fsp3) is 0.333. The summed E-state index contributed by atoms with van der Waals surface area (Å²) in [5.41, 5.74) is 2.70. The van der Waals surface area contributed by atoms with Crippen LogP contribution >= 0.6 is 0 Å². The van der Waals surface area contributed by atoms with Crippen molar-refractivity contribution in [3.05, 3.63) is 51.9 Å². The van der Waals surface area contributed by atoms with Gasteiger partial charge in [-0.2, -0.15) is 0 Å². The first-order chi connectivity index (χ1) is 9.56. The summed E-state index contributed by atoms with van der Waals surface area (Å²) in [5.74, 6) is 0.185. The van der Waals surface area contributed by atoms with Crippen molar-refractivity contribution in [1.82, 2.24) is 9.78 Å². The highest BCUT2D eigenvalue weighted by Gasteiger charge is 2.20. The highest BCUT2D eigenvalue weighted by atomic mass is 16.6. The van der Waals surface area contributed by atoms with Crippen LogP contribution in [0.1, 0.15) is 37.9 Å². The smallest absolute Gasteiger partial charge is 0.280 e. The second-order valence-electron chi connectivity index (χ2n) is 4.89. The van der Waals surface area contributed by atoms with Crippen molar-refractivity contribution < 1.29 is 4.84 Å². The maximum absolute atomic E-state index is 12.6. The zero-order chi connectivity index (χ0) is 14.7. The number of nitrogens with one attached hydrogen (secondary N) is 1. The van der Waals surface area contributed by atoms with Crippen molar-refractivity contribution in [2.24, 2.45) is 5.16 Å². The lowest BCUT2D eigenvalue weighted by atomic mass is 10.0. The fourth-order valence-electron chi connectivity index (χ4n) is 2.16. The molecule has 0 spiro atoms. The predicted molar refractivity (Wildman–Crippen MR) is 79.7 cm³/mol. The van der Waals surface area contributed by atoms with Gasteiger partial charge in [0.15, 0.2) is 0 Å². The van der Waals surface area contributed by atoms with Crippen LogP contribution < -0.4 is 5.56 Å². The Labute approximate surface area is 117 Å². The fourth-order valence-corrected chi connectivity index (χ4v) is 2.16. The second kappa shape index (κ2) is 5.77. The van der Waals surface area contributed by atoms with Gasteiger partial charge in [-0.15, -0.1) is 0 Å². The predicted octanol–water partition coefficient (Wildman–Crippen LogP) is 2.66. The molecule has 0 saturated heterocycles. The number of benzene rings is 1. The van der Waals surface area contributed by atoms with Crippen LogP contribution in [0.4, 0.5) is 0 Å². The van der Waals surface area contributed by atoms with Gasteiger partial charge in [0, 0.05) is 5.69 Å². The zero-order valence-corrected chi connectivity index (χ0v) is 12.2. The molecule has 2 rings (SSSR count). The van der Waals surface area contributed by atoms with Gasteiger partial charge in [-0.3, -0.25) is 9.89 Å². The van der Waals surface area contributed by atoms with E-state index >= 15 is 0 Å². The lowest BCUT2D eigenvalue weighted by Crippen LogP contribution is -2.19. The molecule has 0 unspecified atom stereocenters. The van der Waals surface area contributed by atoms with Crippen molar-refractivity contribution in [2.45, 2.75) is 26.7 Å². The second-order valence-corrected chi connectivity index (χ2v) is 4.89. The van der Waals surface area contributed by atoms with E-state index < -0.39 is 0 Å². The quantitative estimate of drug-likeness (QED) is 0.687. The van der Waals surface area contributed by atoms with Gasteiger partial charge in [0.1, 0.15) is 7.11 Å². The molecule has 5 heteroatoms. The van der Waals surface area contributed by atoms with Crippen LogP contribution in [-0.2, 0) is 4.84 Å². The Bertz CT molecular complexity index is 666. The summed E-state index contributed by atoms with van der Waals surface area (Å²) in [4.78, 5) is 17.4. The SMILES string of the molecule is CON=C(C)c1c(C(C)C)[nH]n(-c2ccccc2)c1=O. The molecule has 106 valence electrons. The highest BCUT2D eigenvalue weighted by Crippen LogP contribution is 2.17. The number of oxime groups is 1. The van der Waals surface area contributed by atoms with E-state index in [9.17, 15) is 4.79 Å². The van der Waals surface area contributed by atoms with Gasteiger partial charge in [0.05, 0.1) is 17.0 Å². The van der Waals surface area contributed by atoms with Gasteiger partial charge in [-0.25, -0.2) is 4.68 Å². The number of para-hydroxylation sites is 1. The first kappa shape index (κ1) is 14.1. The van der Waals surface area contributed by atoms with Crippen molar-refractivity contribution in [2.75, 3.05) is 7.11 Å². The van der Waals surface area contributed by atoms with Crippen molar-refractivity contribution in [3.8, 4) is 5.69 Å². The van der Waals surface area contributed by atoms with Crippen LogP contribution in [0.15, 0.2) is 40.3 Å². The molecule has 1 aromatic carbocycles. The molecular weight excluding hydrogens is 254 g/mol. The van der Waals surface area contributed by atoms with Gasteiger partial charge in [-0.05, 0) is 25.0 Å². The molecule has 1 N–H and O–H groups in total. The van der Waals surface area contributed by atoms with Crippen LogP contribution in [0.2, 0.25) is 0 Å². The number of nitrogens with zero attached hydrogens (tertiary/aromatic N) is 2. The molecular formula is C15H19N3O2. The Morgan fingerprint density at radius 2 is 1.95 bits per heavy atom. The van der Waals surface area contributed by atoms with Crippen LogP contribution in [0.5, 0.6) is 0 Å². The third-order valence-electron chi connectivity index (χ3n) is 3.10. The van der Waals surface area contributed by atoms with Crippen molar-refractivity contribution in [1.29, 1.82) is 0 Å². The van der Waals surface area contributed by atoms with Crippen LogP contribution in [0.3, 0.4) is 0 Å². The monoisotopic (exact) mass is 273 g/mol. The number of hydrogen-bond donors (Lipinski definition) is 1. The van der Waals surface area contributed by atoms with E-state index in [0.717, 1.165) is 11.4 Å². The molecule has 0 amide bonds. The van der Waals surface area contributed by atoms with Crippen molar-refractivity contribution >= 4 is 5.71 Å². The first-order valence-electron chi connectivity index (χ1n) is 6.54. The summed E-state index contributed by atoms with van der Waals surface area (Å²) < 4.78 is 1.54. The third kappa shape index (κ3) is 2.52. The molecule has 20 heavy (non-hydrogen) atoms. The largest absolute Gasteiger partial charge is 0.399 e. The number of rotatable bonds is 4. The van der Waals surface area contributed by atoms with E-state index in [4.69, 9.17) is 4.84 Å².